The van der Waals surface area contributed by atoms with Gasteiger partial charge in [-0.25, -0.2) is 4.98 Å². The van der Waals surface area contributed by atoms with Crippen LogP contribution in [-0.2, 0) is 17.8 Å². The summed E-state index contributed by atoms with van der Waals surface area (Å²) in [6.07, 6.45) is 0.309. The number of hydrogen-bond donors (Lipinski definition) is 1. The normalized spacial score (nSPS) is 10.8. The largest absolute Gasteiger partial charge is 0.441 e. The van der Waals surface area contributed by atoms with E-state index in [1.807, 2.05) is 42.5 Å². The van der Waals surface area contributed by atoms with Crippen LogP contribution in [0, 0.1) is 6.92 Å². The van der Waals surface area contributed by atoms with E-state index in [0.717, 1.165) is 16.6 Å². The second-order valence-corrected chi connectivity index (χ2v) is 5.55. The number of hydrogen-bond acceptors (Lipinski definition) is 3. The van der Waals surface area contributed by atoms with E-state index >= 15 is 0 Å². The SMILES string of the molecule is Cc1nc2ccc(CC(=O)NCc3ccc(Cl)cc3)cc2o1. The predicted molar refractivity (Wildman–Crippen MR) is 85.7 cm³/mol. The summed E-state index contributed by atoms with van der Waals surface area (Å²) < 4.78 is 5.48. The number of nitrogens with zero attached hydrogens (tertiary/aromatic N) is 1. The van der Waals surface area contributed by atoms with Crippen LogP contribution in [0.2, 0.25) is 5.02 Å². The summed E-state index contributed by atoms with van der Waals surface area (Å²) >= 11 is 5.83. The zero-order valence-electron chi connectivity index (χ0n) is 12.1. The van der Waals surface area contributed by atoms with Gasteiger partial charge in [0.05, 0.1) is 6.42 Å². The van der Waals surface area contributed by atoms with Crippen molar-refractivity contribution >= 4 is 28.6 Å². The highest BCUT2D eigenvalue weighted by Gasteiger charge is 2.07. The summed E-state index contributed by atoms with van der Waals surface area (Å²) in [5, 5.41) is 3.58. The van der Waals surface area contributed by atoms with Gasteiger partial charge < -0.3 is 9.73 Å². The molecule has 0 spiro atoms. The van der Waals surface area contributed by atoms with Crippen molar-refractivity contribution < 1.29 is 9.21 Å². The molecule has 0 aliphatic heterocycles. The zero-order valence-corrected chi connectivity index (χ0v) is 12.9. The van der Waals surface area contributed by atoms with E-state index in [-0.39, 0.29) is 5.91 Å². The molecule has 3 rings (SSSR count). The van der Waals surface area contributed by atoms with Gasteiger partial charge in [0, 0.05) is 18.5 Å². The highest BCUT2D eigenvalue weighted by atomic mass is 35.5. The molecule has 0 atom stereocenters. The lowest BCUT2D eigenvalue weighted by Crippen LogP contribution is -2.24. The summed E-state index contributed by atoms with van der Waals surface area (Å²) in [5.41, 5.74) is 3.43. The predicted octanol–water partition coefficient (Wildman–Crippen LogP) is 3.65. The number of benzene rings is 2. The van der Waals surface area contributed by atoms with Gasteiger partial charge in [-0.1, -0.05) is 29.8 Å². The molecule has 3 aromatic rings. The highest BCUT2D eigenvalue weighted by molar-refractivity contribution is 6.30. The first kappa shape index (κ1) is 14.6. The van der Waals surface area contributed by atoms with Crippen molar-refractivity contribution in [3.8, 4) is 0 Å². The number of nitrogens with one attached hydrogen (secondary N) is 1. The molecule has 2 aromatic carbocycles. The van der Waals surface area contributed by atoms with Gasteiger partial charge >= 0.3 is 0 Å². The fourth-order valence-electron chi connectivity index (χ4n) is 2.24. The van der Waals surface area contributed by atoms with E-state index in [1.165, 1.54) is 0 Å². The number of aryl methyl sites for hydroxylation is 1. The van der Waals surface area contributed by atoms with Crippen molar-refractivity contribution in [2.45, 2.75) is 19.9 Å². The van der Waals surface area contributed by atoms with Crippen molar-refractivity contribution in [2.75, 3.05) is 0 Å². The summed E-state index contributed by atoms with van der Waals surface area (Å²) in [6.45, 7) is 2.29. The van der Waals surface area contributed by atoms with E-state index < -0.39 is 0 Å². The Hall–Kier alpha value is -2.33. The number of rotatable bonds is 4. The second kappa shape index (κ2) is 6.20. The maximum absolute atomic E-state index is 12.0. The lowest BCUT2D eigenvalue weighted by molar-refractivity contribution is -0.120. The number of carbonyl (C=O) groups excluding carboxylic acids is 1. The molecule has 1 aromatic heterocycles. The molecule has 22 heavy (non-hydrogen) atoms. The van der Waals surface area contributed by atoms with E-state index in [2.05, 4.69) is 10.3 Å². The van der Waals surface area contributed by atoms with Crippen molar-refractivity contribution in [2.24, 2.45) is 0 Å². The molecular formula is C17H15ClN2O2. The van der Waals surface area contributed by atoms with Crippen LogP contribution in [-0.4, -0.2) is 10.9 Å². The molecule has 112 valence electrons. The van der Waals surface area contributed by atoms with Gasteiger partial charge in [0.25, 0.3) is 0 Å². The molecule has 1 amide bonds. The number of carbonyl (C=O) groups is 1. The topological polar surface area (TPSA) is 55.1 Å². The average Bonchev–Trinajstić information content (AvgIpc) is 2.86. The molecule has 5 heteroatoms. The van der Waals surface area contributed by atoms with Crippen LogP contribution in [0.25, 0.3) is 11.1 Å². The summed E-state index contributed by atoms with van der Waals surface area (Å²) in [5.74, 6) is 0.588. The molecule has 0 saturated heterocycles. The van der Waals surface area contributed by atoms with Crippen LogP contribution < -0.4 is 5.32 Å². The van der Waals surface area contributed by atoms with Crippen molar-refractivity contribution in [3.05, 3.63) is 64.5 Å². The van der Waals surface area contributed by atoms with Crippen molar-refractivity contribution in [1.29, 1.82) is 0 Å². The molecule has 0 aliphatic rings. The summed E-state index contributed by atoms with van der Waals surface area (Å²) in [4.78, 5) is 16.2. The van der Waals surface area contributed by atoms with Gasteiger partial charge in [0.1, 0.15) is 5.52 Å². The maximum Gasteiger partial charge on any atom is 0.224 e. The van der Waals surface area contributed by atoms with Gasteiger partial charge in [0.15, 0.2) is 11.5 Å². The molecule has 1 heterocycles. The Labute approximate surface area is 133 Å². The number of oxazole rings is 1. The molecule has 0 aliphatic carbocycles. The van der Waals surface area contributed by atoms with Crippen LogP contribution in [0.15, 0.2) is 46.9 Å². The fraction of sp³-hybridized carbons (Fsp3) is 0.176. The zero-order chi connectivity index (χ0) is 15.5. The quantitative estimate of drug-likeness (QED) is 0.799. The van der Waals surface area contributed by atoms with Crippen molar-refractivity contribution in [1.82, 2.24) is 10.3 Å². The van der Waals surface area contributed by atoms with E-state index in [0.29, 0.717) is 29.5 Å². The summed E-state index contributed by atoms with van der Waals surface area (Å²) in [6, 6.07) is 13.0. The average molecular weight is 315 g/mol. The number of amides is 1. The Bertz CT molecular complexity index is 809. The van der Waals surface area contributed by atoms with Gasteiger partial charge in [-0.3, -0.25) is 4.79 Å². The fourth-order valence-corrected chi connectivity index (χ4v) is 2.37. The molecule has 0 saturated carbocycles. The maximum atomic E-state index is 12.0. The van der Waals surface area contributed by atoms with Gasteiger partial charge in [-0.15, -0.1) is 0 Å². The first-order chi connectivity index (χ1) is 10.6. The van der Waals surface area contributed by atoms with Gasteiger partial charge in [-0.05, 0) is 35.4 Å². The number of halogens is 1. The Kier molecular flexibility index (Phi) is 4.11. The third-order valence-electron chi connectivity index (χ3n) is 3.33. The molecule has 0 bridgehead atoms. The van der Waals surface area contributed by atoms with Crippen LogP contribution >= 0.6 is 11.6 Å². The van der Waals surface area contributed by atoms with Crippen LogP contribution in [0.1, 0.15) is 17.0 Å². The van der Waals surface area contributed by atoms with E-state index in [4.69, 9.17) is 16.0 Å². The standard InChI is InChI=1S/C17H15ClN2O2/c1-11-20-15-7-4-13(8-16(15)22-11)9-17(21)19-10-12-2-5-14(18)6-3-12/h2-8H,9-10H2,1H3,(H,19,21). The Morgan fingerprint density at radius 1 is 1.18 bits per heavy atom. The third kappa shape index (κ3) is 3.46. The number of aromatic nitrogens is 1. The first-order valence-corrected chi connectivity index (χ1v) is 7.35. The molecule has 0 unspecified atom stereocenters. The summed E-state index contributed by atoms with van der Waals surface area (Å²) in [7, 11) is 0. The first-order valence-electron chi connectivity index (χ1n) is 6.97. The number of fused-ring (bicyclic) bond motifs is 1. The lowest BCUT2D eigenvalue weighted by Gasteiger charge is -2.05. The Balaban J connectivity index is 1.61. The molecule has 1 N–H and O–H groups in total. The van der Waals surface area contributed by atoms with E-state index in [9.17, 15) is 4.79 Å². The van der Waals surface area contributed by atoms with Gasteiger partial charge in [0.2, 0.25) is 5.91 Å². The smallest absolute Gasteiger partial charge is 0.224 e. The van der Waals surface area contributed by atoms with Crippen LogP contribution in [0.4, 0.5) is 0 Å². The van der Waals surface area contributed by atoms with Crippen molar-refractivity contribution in [3.63, 3.8) is 0 Å². The molecule has 4 nitrogen and oxygen atoms in total. The highest BCUT2D eigenvalue weighted by Crippen LogP contribution is 2.17. The minimum atomic E-state index is -0.0365. The minimum absolute atomic E-state index is 0.0365. The lowest BCUT2D eigenvalue weighted by atomic mass is 10.1. The third-order valence-corrected chi connectivity index (χ3v) is 3.58. The van der Waals surface area contributed by atoms with Crippen LogP contribution in [0.3, 0.4) is 0 Å². The monoisotopic (exact) mass is 314 g/mol. The second-order valence-electron chi connectivity index (χ2n) is 5.11. The Morgan fingerprint density at radius 2 is 1.91 bits per heavy atom. The Morgan fingerprint density at radius 3 is 2.68 bits per heavy atom. The van der Waals surface area contributed by atoms with Crippen LogP contribution in [0.5, 0.6) is 0 Å². The molecular weight excluding hydrogens is 300 g/mol. The minimum Gasteiger partial charge on any atom is -0.441 e. The molecule has 0 fully saturated rings. The van der Waals surface area contributed by atoms with Gasteiger partial charge in [-0.2, -0.15) is 0 Å². The molecule has 0 radical (unpaired) electrons. The van der Waals surface area contributed by atoms with E-state index in [1.54, 1.807) is 6.92 Å².